The highest BCUT2D eigenvalue weighted by Crippen LogP contribution is 2.41. The summed E-state index contributed by atoms with van der Waals surface area (Å²) in [5, 5.41) is 2.61. The molecule has 38 heavy (non-hydrogen) atoms. The van der Waals surface area contributed by atoms with Crippen LogP contribution in [0.5, 0.6) is 0 Å². The van der Waals surface area contributed by atoms with Gasteiger partial charge in [-0.25, -0.2) is 0 Å². The Morgan fingerprint density at radius 1 is 1.11 bits per heavy atom. The molecule has 0 spiro atoms. The van der Waals surface area contributed by atoms with Crippen molar-refractivity contribution in [3.05, 3.63) is 71.8 Å². The van der Waals surface area contributed by atoms with Gasteiger partial charge in [-0.1, -0.05) is 54.7 Å². The van der Waals surface area contributed by atoms with Crippen LogP contribution in [0.15, 0.2) is 60.0 Å². The van der Waals surface area contributed by atoms with E-state index in [1.165, 1.54) is 17.0 Å². The highest BCUT2D eigenvalue weighted by atomic mass is 32.2. The van der Waals surface area contributed by atoms with Crippen molar-refractivity contribution in [1.82, 2.24) is 10.2 Å². The second kappa shape index (κ2) is 12.4. The van der Waals surface area contributed by atoms with Crippen LogP contribution in [-0.2, 0) is 31.7 Å². The Morgan fingerprint density at radius 3 is 2.47 bits per heavy atom. The van der Waals surface area contributed by atoms with E-state index in [0.717, 1.165) is 23.4 Å². The van der Waals surface area contributed by atoms with E-state index in [-0.39, 0.29) is 40.6 Å². The number of thioether (sulfide) groups is 1. The normalized spacial score (nSPS) is 20.7. The molecule has 0 radical (unpaired) electrons. The zero-order valence-corrected chi connectivity index (χ0v) is 21.9. The van der Waals surface area contributed by atoms with E-state index in [1.54, 1.807) is 7.05 Å². The average Bonchev–Trinajstić information content (AvgIpc) is 2.92. The third-order valence-electron chi connectivity index (χ3n) is 6.76. The third kappa shape index (κ3) is 6.98. The molecule has 0 saturated carbocycles. The van der Waals surface area contributed by atoms with Gasteiger partial charge in [0.25, 0.3) is 5.91 Å². The number of nitrogens with zero attached hydrogens (tertiary/aromatic N) is 1. The molecule has 10 heteroatoms. The van der Waals surface area contributed by atoms with Crippen LogP contribution in [0, 0.1) is 5.92 Å². The second-order valence-electron chi connectivity index (χ2n) is 9.40. The van der Waals surface area contributed by atoms with E-state index in [0.29, 0.717) is 39.0 Å². The highest BCUT2D eigenvalue weighted by Gasteiger charge is 2.36. The maximum atomic E-state index is 14.1. The molecular weight excluding hydrogens is 517 g/mol. The quantitative estimate of drug-likeness (QED) is 0.505. The minimum atomic E-state index is -4.63. The standard InChI is InChI=1S/C28H31F3N2O4S/c1-18(27(35)33-12-10-20(11-13-33)26(34)32-2)21-8-9-24(23(15-21)28(29,30)31)38-25-17-36-16-22(37-25)14-19-6-4-3-5-7-19/h3-9,15,20,22,25H,1,10-14,16-17H2,2H3,(H,32,34). The molecule has 1 N–H and O–H groups in total. The predicted octanol–water partition coefficient (Wildman–Crippen LogP) is 4.78. The van der Waals surface area contributed by atoms with Gasteiger partial charge >= 0.3 is 6.18 Å². The number of amides is 2. The first-order valence-electron chi connectivity index (χ1n) is 12.5. The molecule has 2 atom stereocenters. The van der Waals surface area contributed by atoms with Crippen molar-refractivity contribution in [3.8, 4) is 0 Å². The number of hydrogen-bond acceptors (Lipinski definition) is 5. The fourth-order valence-electron chi connectivity index (χ4n) is 4.68. The number of halogens is 3. The lowest BCUT2D eigenvalue weighted by molar-refractivity contribution is -0.140. The van der Waals surface area contributed by atoms with Gasteiger partial charge in [0, 0.05) is 42.9 Å². The van der Waals surface area contributed by atoms with Crippen LogP contribution in [0.4, 0.5) is 13.2 Å². The number of benzene rings is 2. The molecule has 2 saturated heterocycles. The number of nitrogens with one attached hydrogen (secondary N) is 1. The second-order valence-corrected chi connectivity index (χ2v) is 10.6. The first kappa shape index (κ1) is 28.2. The highest BCUT2D eigenvalue weighted by molar-refractivity contribution is 7.99. The predicted molar refractivity (Wildman–Crippen MR) is 139 cm³/mol. The molecule has 2 aliphatic rings. The lowest BCUT2D eigenvalue weighted by Crippen LogP contribution is -2.42. The number of hydrogen-bond donors (Lipinski definition) is 1. The number of ether oxygens (including phenoxy) is 2. The molecule has 2 aromatic rings. The Balaban J connectivity index is 1.44. The van der Waals surface area contributed by atoms with E-state index in [2.05, 4.69) is 11.9 Å². The molecule has 2 aliphatic heterocycles. The van der Waals surface area contributed by atoms with Crippen molar-refractivity contribution in [2.75, 3.05) is 33.4 Å². The lowest BCUT2D eigenvalue weighted by Gasteiger charge is -2.32. The average molecular weight is 549 g/mol. The van der Waals surface area contributed by atoms with Crippen LogP contribution in [0.2, 0.25) is 0 Å². The SMILES string of the molecule is C=C(C(=O)N1CCC(C(=O)NC)CC1)c1ccc(SC2COCC(Cc3ccccc3)O2)c(C(F)(F)F)c1. The van der Waals surface area contributed by atoms with Gasteiger partial charge in [-0.2, -0.15) is 13.2 Å². The minimum Gasteiger partial charge on any atom is -0.375 e. The molecule has 2 aromatic carbocycles. The van der Waals surface area contributed by atoms with Crippen LogP contribution in [-0.4, -0.2) is 61.6 Å². The molecule has 6 nitrogen and oxygen atoms in total. The summed E-state index contributed by atoms with van der Waals surface area (Å²) in [4.78, 5) is 26.4. The number of carbonyl (C=O) groups excluding carboxylic acids is 2. The fourth-order valence-corrected chi connectivity index (χ4v) is 5.79. The van der Waals surface area contributed by atoms with Crippen LogP contribution >= 0.6 is 11.8 Å². The van der Waals surface area contributed by atoms with Crippen LogP contribution in [0.1, 0.15) is 29.5 Å². The summed E-state index contributed by atoms with van der Waals surface area (Å²) >= 11 is 0.964. The Kier molecular flexibility index (Phi) is 9.17. The van der Waals surface area contributed by atoms with Crippen molar-refractivity contribution in [2.45, 2.75) is 41.9 Å². The largest absolute Gasteiger partial charge is 0.417 e. The summed E-state index contributed by atoms with van der Waals surface area (Å²) in [6.45, 7) is 5.04. The Morgan fingerprint density at radius 2 is 1.82 bits per heavy atom. The Hall–Kier alpha value is -2.82. The smallest absolute Gasteiger partial charge is 0.375 e. The van der Waals surface area contributed by atoms with E-state index >= 15 is 0 Å². The van der Waals surface area contributed by atoms with Crippen molar-refractivity contribution in [1.29, 1.82) is 0 Å². The summed E-state index contributed by atoms with van der Waals surface area (Å²) in [6.07, 6.45) is -3.30. The first-order chi connectivity index (χ1) is 18.2. The topological polar surface area (TPSA) is 67.9 Å². The van der Waals surface area contributed by atoms with E-state index in [9.17, 15) is 22.8 Å². The van der Waals surface area contributed by atoms with Gasteiger partial charge in [0.15, 0.2) is 0 Å². The number of carbonyl (C=O) groups is 2. The maximum Gasteiger partial charge on any atom is 0.417 e. The van der Waals surface area contributed by atoms with E-state index < -0.39 is 23.1 Å². The van der Waals surface area contributed by atoms with Gasteiger partial charge in [0.05, 0.1) is 24.9 Å². The third-order valence-corrected chi connectivity index (χ3v) is 7.88. The van der Waals surface area contributed by atoms with Crippen molar-refractivity contribution < 1.29 is 32.2 Å². The maximum absolute atomic E-state index is 14.1. The molecule has 4 rings (SSSR count). The fraction of sp³-hybridized carbons (Fsp3) is 0.429. The monoisotopic (exact) mass is 548 g/mol. The van der Waals surface area contributed by atoms with Gasteiger partial charge in [-0.15, -0.1) is 0 Å². The van der Waals surface area contributed by atoms with Crippen molar-refractivity contribution in [2.24, 2.45) is 5.92 Å². The molecule has 204 valence electrons. The molecule has 2 unspecified atom stereocenters. The Labute approximate surface area is 224 Å². The number of rotatable bonds is 7. The summed E-state index contributed by atoms with van der Waals surface area (Å²) in [5.74, 6) is -0.678. The lowest BCUT2D eigenvalue weighted by atomic mass is 9.95. The van der Waals surface area contributed by atoms with Gasteiger partial charge < -0.3 is 19.7 Å². The van der Waals surface area contributed by atoms with Gasteiger partial charge in [-0.05, 0) is 36.1 Å². The molecule has 2 amide bonds. The van der Waals surface area contributed by atoms with Gasteiger partial charge in [0.1, 0.15) is 5.44 Å². The van der Waals surface area contributed by atoms with E-state index in [1.807, 2.05) is 30.3 Å². The summed E-state index contributed by atoms with van der Waals surface area (Å²) < 4.78 is 53.9. The molecule has 0 aliphatic carbocycles. The molecule has 0 bridgehead atoms. The minimum absolute atomic E-state index is 0.00172. The summed E-state index contributed by atoms with van der Waals surface area (Å²) in [7, 11) is 1.57. The number of likely N-dealkylation sites (tertiary alicyclic amines) is 1. The van der Waals surface area contributed by atoms with E-state index in [4.69, 9.17) is 9.47 Å². The molecule has 0 aromatic heterocycles. The van der Waals surface area contributed by atoms with Crippen LogP contribution in [0.25, 0.3) is 5.57 Å². The van der Waals surface area contributed by atoms with Gasteiger partial charge in [-0.3, -0.25) is 9.59 Å². The first-order valence-corrected chi connectivity index (χ1v) is 13.4. The van der Waals surface area contributed by atoms with Crippen molar-refractivity contribution >= 4 is 29.1 Å². The molecular formula is C28H31F3N2O4S. The summed E-state index contributed by atoms with van der Waals surface area (Å²) in [6, 6.07) is 13.5. The zero-order chi connectivity index (χ0) is 27.3. The zero-order valence-electron chi connectivity index (χ0n) is 21.1. The van der Waals surface area contributed by atoms with Crippen molar-refractivity contribution in [3.63, 3.8) is 0 Å². The summed E-state index contributed by atoms with van der Waals surface area (Å²) in [5.41, 5.74) is -0.279. The van der Waals surface area contributed by atoms with Crippen LogP contribution < -0.4 is 5.32 Å². The number of alkyl halides is 3. The molecule has 2 fully saturated rings. The van der Waals surface area contributed by atoms with Crippen LogP contribution in [0.3, 0.4) is 0 Å². The number of piperidine rings is 1. The molecule has 2 heterocycles. The Bertz CT molecular complexity index is 1150. The van der Waals surface area contributed by atoms with Gasteiger partial charge in [0.2, 0.25) is 5.91 Å².